The number of hydrogen-bond acceptors (Lipinski definition) is 5. The first-order chi connectivity index (χ1) is 16.7. The minimum atomic E-state index is -0.360. The molecule has 0 aliphatic carbocycles. The van der Waals surface area contributed by atoms with Crippen LogP contribution in [0.25, 0.3) is 0 Å². The molecule has 6 nitrogen and oxygen atoms in total. The number of ether oxygens (including phenoxy) is 1. The van der Waals surface area contributed by atoms with Gasteiger partial charge in [-0.25, -0.2) is 0 Å². The molecule has 0 bridgehead atoms. The van der Waals surface area contributed by atoms with Gasteiger partial charge in [-0.1, -0.05) is 64.4 Å². The average Bonchev–Trinajstić information content (AvgIpc) is 3.12. The van der Waals surface area contributed by atoms with E-state index in [-0.39, 0.29) is 29.4 Å². The van der Waals surface area contributed by atoms with Gasteiger partial charge in [-0.2, -0.15) is 0 Å². The molecule has 1 aliphatic heterocycles. The summed E-state index contributed by atoms with van der Waals surface area (Å²) < 4.78 is 5.87. The summed E-state index contributed by atoms with van der Waals surface area (Å²) in [6.45, 7) is 10.0. The molecule has 1 aliphatic rings. The van der Waals surface area contributed by atoms with Crippen LogP contribution >= 0.6 is 0 Å². The average molecular weight is 480 g/mol. The molecule has 1 saturated heterocycles. The molecule has 2 aromatic carbocycles. The molecule has 2 atom stereocenters. The van der Waals surface area contributed by atoms with Gasteiger partial charge in [0.15, 0.2) is 17.3 Å². The molecule has 3 rings (SSSR count). The number of likely N-dealkylation sites (tertiary alicyclic amines) is 1. The highest BCUT2D eigenvalue weighted by Crippen LogP contribution is 2.40. The van der Waals surface area contributed by atoms with E-state index in [4.69, 9.17) is 15.9 Å². The van der Waals surface area contributed by atoms with Crippen LogP contribution in [0.4, 0.5) is 0 Å². The maximum atomic E-state index is 13.5. The van der Waals surface area contributed by atoms with Crippen molar-refractivity contribution < 1.29 is 14.6 Å². The molecular formula is C29H41N3O3. The molecule has 0 saturated carbocycles. The van der Waals surface area contributed by atoms with Crippen molar-refractivity contribution in [1.29, 1.82) is 5.41 Å². The molecular weight excluding hydrogens is 438 g/mol. The number of hydrogen-bond donors (Lipinski definition) is 3. The van der Waals surface area contributed by atoms with Crippen LogP contribution in [0, 0.1) is 11.3 Å². The largest absolute Gasteiger partial charge is 0.504 e. The van der Waals surface area contributed by atoms with Gasteiger partial charge in [-0.3, -0.25) is 10.2 Å². The van der Waals surface area contributed by atoms with Crippen molar-refractivity contribution in [2.75, 3.05) is 26.2 Å². The maximum Gasteiger partial charge on any atom is 0.182 e. The number of benzene rings is 2. The standard InChI is InChI=1S/C29H41N3O3/c1-5-11-21-18-32(28(31)26(21)20-12-7-6-8-13-20)19-24(33)22-16-23(29(2,3)4)27(34)25(17-22)35-15-10-9-14-30/h6-8,12-13,16-17,21,26,31,34H,5,9-11,14-15,18-19,30H2,1-4H3. The lowest BCUT2D eigenvalue weighted by Gasteiger charge is -2.24. The third-order valence-corrected chi connectivity index (χ3v) is 6.78. The van der Waals surface area contributed by atoms with Crippen LogP contribution in [0.3, 0.4) is 0 Å². The quantitative estimate of drug-likeness (QED) is 0.293. The van der Waals surface area contributed by atoms with Gasteiger partial charge in [0, 0.05) is 23.6 Å². The van der Waals surface area contributed by atoms with E-state index in [9.17, 15) is 9.90 Å². The molecule has 190 valence electrons. The van der Waals surface area contributed by atoms with Crippen LogP contribution in [0.2, 0.25) is 0 Å². The van der Waals surface area contributed by atoms with Crippen LogP contribution in [0.15, 0.2) is 42.5 Å². The second kappa shape index (κ2) is 11.7. The van der Waals surface area contributed by atoms with Gasteiger partial charge in [0.25, 0.3) is 0 Å². The van der Waals surface area contributed by atoms with Crippen LogP contribution in [-0.4, -0.2) is 47.9 Å². The summed E-state index contributed by atoms with van der Waals surface area (Å²) in [6, 6.07) is 13.6. The van der Waals surface area contributed by atoms with E-state index >= 15 is 0 Å². The molecule has 0 amide bonds. The fraction of sp³-hybridized carbons (Fsp3) is 0.517. The number of carbonyl (C=O) groups excluding carboxylic acids is 1. The summed E-state index contributed by atoms with van der Waals surface area (Å²) in [7, 11) is 0. The molecule has 35 heavy (non-hydrogen) atoms. The Bertz CT molecular complexity index is 1010. The van der Waals surface area contributed by atoms with Gasteiger partial charge in [-0.05, 0) is 54.8 Å². The van der Waals surface area contributed by atoms with Crippen LogP contribution in [-0.2, 0) is 5.41 Å². The lowest BCUT2D eigenvalue weighted by atomic mass is 9.84. The Balaban J connectivity index is 1.84. The Morgan fingerprint density at radius 3 is 2.54 bits per heavy atom. The predicted octanol–water partition coefficient (Wildman–Crippen LogP) is 5.48. The van der Waals surface area contributed by atoms with Gasteiger partial charge in [0.1, 0.15) is 5.84 Å². The Hall–Kier alpha value is -2.86. The zero-order chi connectivity index (χ0) is 25.6. The number of rotatable bonds is 11. The van der Waals surface area contributed by atoms with E-state index in [1.165, 1.54) is 0 Å². The summed E-state index contributed by atoms with van der Waals surface area (Å²) in [6.07, 6.45) is 3.68. The molecule has 0 aromatic heterocycles. The number of nitrogens with zero attached hydrogens (tertiary/aromatic N) is 1. The van der Waals surface area contributed by atoms with E-state index in [1.807, 2.05) is 43.9 Å². The molecule has 1 fully saturated rings. The van der Waals surface area contributed by atoms with Crippen LogP contribution < -0.4 is 10.5 Å². The smallest absolute Gasteiger partial charge is 0.182 e. The number of amidine groups is 1. The van der Waals surface area contributed by atoms with E-state index in [0.717, 1.165) is 31.2 Å². The van der Waals surface area contributed by atoms with Crippen LogP contribution in [0.1, 0.15) is 80.8 Å². The first-order valence-electron chi connectivity index (χ1n) is 12.8. The van der Waals surface area contributed by atoms with Gasteiger partial charge in [0.2, 0.25) is 0 Å². The summed E-state index contributed by atoms with van der Waals surface area (Å²) in [5.41, 5.74) is 7.54. The summed E-state index contributed by atoms with van der Waals surface area (Å²) in [5.74, 6) is 1.18. The first-order valence-corrected chi connectivity index (χ1v) is 12.8. The van der Waals surface area contributed by atoms with Gasteiger partial charge >= 0.3 is 0 Å². The predicted molar refractivity (Wildman–Crippen MR) is 142 cm³/mol. The van der Waals surface area contributed by atoms with Crippen molar-refractivity contribution in [3.8, 4) is 11.5 Å². The van der Waals surface area contributed by atoms with Crippen molar-refractivity contribution in [3.63, 3.8) is 0 Å². The Kier molecular flexibility index (Phi) is 8.95. The topological polar surface area (TPSA) is 99.6 Å². The number of carbonyl (C=O) groups is 1. The minimum absolute atomic E-state index is 0.00958. The third-order valence-electron chi connectivity index (χ3n) is 6.78. The molecule has 2 unspecified atom stereocenters. The van der Waals surface area contributed by atoms with E-state index in [0.29, 0.717) is 48.3 Å². The Morgan fingerprint density at radius 1 is 1.20 bits per heavy atom. The van der Waals surface area contributed by atoms with Crippen LogP contribution in [0.5, 0.6) is 11.5 Å². The highest BCUT2D eigenvalue weighted by atomic mass is 16.5. The summed E-state index contributed by atoms with van der Waals surface area (Å²) in [5, 5.41) is 19.8. The summed E-state index contributed by atoms with van der Waals surface area (Å²) in [4.78, 5) is 15.4. The van der Waals surface area contributed by atoms with E-state index in [2.05, 4.69) is 19.1 Å². The zero-order valence-electron chi connectivity index (χ0n) is 21.6. The fourth-order valence-electron chi connectivity index (χ4n) is 4.92. The second-order valence-corrected chi connectivity index (χ2v) is 10.6. The minimum Gasteiger partial charge on any atom is -0.504 e. The number of ketones is 1. The van der Waals surface area contributed by atoms with Crippen molar-refractivity contribution in [1.82, 2.24) is 4.90 Å². The van der Waals surface area contributed by atoms with Crippen molar-refractivity contribution in [2.45, 2.75) is 64.7 Å². The lowest BCUT2D eigenvalue weighted by molar-refractivity contribution is 0.0962. The third kappa shape index (κ3) is 6.43. The number of aromatic hydroxyl groups is 1. The highest BCUT2D eigenvalue weighted by Gasteiger charge is 2.38. The SMILES string of the molecule is CCCC1CN(CC(=O)c2cc(OCCCCN)c(O)c(C(C)(C)C)c2)C(=N)C1c1ccccc1. The summed E-state index contributed by atoms with van der Waals surface area (Å²) >= 11 is 0. The monoisotopic (exact) mass is 479 g/mol. The zero-order valence-corrected chi connectivity index (χ0v) is 21.6. The van der Waals surface area contributed by atoms with E-state index < -0.39 is 0 Å². The highest BCUT2D eigenvalue weighted by molar-refractivity contribution is 6.01. The number of Topliss-reactive ketones (excluding diaryl/α,β-unsaturated/α-hetero) is 1. The maximum absolute atomic E-state index is 13.5. The van der Waals surface area contributed by atoms with Crippen molar-refractivity contribution >= 4 is 11.6 Å². The van der Waals surface area contributed by atoms with Crippen molar-refractivity contribution in [3.05, 3.63) is 59.2 Å². The van der Waals surface area contributed by atoms with Crippen molar-refractivity contribution in [2.24, 2.45) is 11.7 Å². The number of nitrogens with two attached hydrogens (primary N) is 1. The number of nitrogens with one attached hydrogen (secondary N) is 1. The van der Waals surface area contributed by atoms with Gasteiger partial charge in [0.05, 0.1) is 13.2 Å². The normalized spacial score (nSPS) is 18.2. The lowest BCUT2D eigenvalue weighted by Crippen LogP contribution is -2.32. The number of phenols is 1. The first kappa shape index (κ1) is 26.7. The molecule has 4 N–H and O–H groups in total. The molecule has 0 radical (unpaired) electrons. The van der Waals surface area contributed by atoms with Gasteiger partial charge < -0.3 is 20.5 Å². The van der Waals surface area contributed by atoms with Gasteiger partial charge in [-0.15, -0.1) is 0 Å². The molecule has 2 aromatic rings. The second-order valence-electron chi connectivity index (χ2n) is 10.6. The fourth-order valence-corrected chi connectivity index (χ4v) is 4.92. The number of phenolic OH excluding ortho intramolecular Hbond substituents is 1. The number of unbranched alkanes of at least 4 members (excludes halogenated alkanes) is 1. The van der Waals surface area contributed by atoms with E-state index in [1.54, 1.807) is 12.1 Å². The molecule has 6 heteroatoms. The Morgan fingerprint density at radius 2 is 1.91 bits per heavy atom. The molecule has 1 heterocycles. The Labute approximate surface area is 210 Å². The molecule has 0 spiro atoms.